The summed E-state index contributed by atoms with van der Waals surface area (Å²) in [6.07, 6.45) is -7.33. The maximum Gasteiger partial charge on any atom is 0.503 e. The standard InChI is InChI=1S/C12H10O.4CH2O3/c1-3-7-11(8-4-1)13-12-9-5-2-6-10-12;4*2-1(3)4/h1-10H;4*(H2,2,3,4). The molecule has 29 heavy (non-hydrogen) atoms. The first-order chi connectivity index (χ1) is 13.4. The number of benzene rings is 2. The van der Waals surface area contributed by atoms with Crippen molar-refractivity contribution >= 4 is 24.6 Å². The fraction of sp³-hybridized carbons (Fsp3) is 0. The lowest BCUT2D eigenvalue weighted by Crippen LogP contribution is -1.81. The Kier molecular flexibility index (Phi) is 19.7. The normalized spacial score (nSPS) is 7.59. The molecule has 13 heteroatoms. The molecule has 0 amide bonds. The van der Waals surface area contributed by atoms with Crippen LogP contribution in [0.4, 0.5) is 19.2 Å². The van der Waals surface area contributed by atoms with Crippen molar-refractivity contribution < 1.29 is 64.8 Å². The van der Waals surface area contributed by atoms with Crippen molar-refractivity contribution in [1.82, 2.24) is 0 Å². The molecule has 0 spiro atoms. The van der Waals surface area contributed by atoms with Gasteiger partial charge < -0.3 is 45.6 Å². The van der Waals surface area contributed by atoms with Crippen LogP contribution in [-0.2, 0) is 0 Å². The Balaban J connectivity index is -0.000000352. The molecule has 2 rings (SSSR count). The van der Waals surface area contributed by atoms with E-state index in [1.165, 1.54) is 0 Å². The largest absolute Gasteiger partial charge is 0.503 e. The summed E-state index contributed by atoms with van der Waals surface area (Å²) in [5, 5.41) is 55.8. The average molecular weight is 418 g/mol. The fourth-order valence-corrected chi connectivity index (χ4v) is 1.11. The van der Waals surface area contributed by atoms with Crippen molar-refractivity contribution in [3.05, 3.63) is 60.7 Å². The van der Waals surface area contributed by atoms with Crippen molar-refractivity contribution in [3.8, 4) is 11.5 Å². The highest BCUT2D eigenvalue weighted by atomic mass is 16.6. The molecule has 8 N–H and O–H groups in total. The minimum absolute atomic E-state index is 0.869. The molecule has 160 valence electrons. The van der Waals surface area contributed by atoms with Crippen LogP contribution in [0.2, 0.25) is 0 Å². The lowest BCUT2D eigenvalue weighted by atomic mass is 10.3. The summed E-state index contributed by atoms with van der Waals surface area (Å²) in [5.74, 6) is 1.74. The Labute approximate surface area is 162 Å². The molecule has 2 aromatic carbocycles. The molecule has 0 fully saturated rings. The van der Waals surface area contributed by atoms with Gasteiger partial charge in [-0.3, -0.25) is 0 Å². The van der Waals surface area contributed by atoms with Crippen LogP contribution < -0.4 is 4.74 Å². The van der Waals surface area contributed by atoms with Crippen molar-refractivity contribution in [2.45, 2.75) is 0 Å². The SMILES string of the molecule is O=C(O)O.O=C(O)O.O=C(O)O.O=C(O)O.c1ccc(Oc2ccccc2)cc1. The molecule has 0 heterocycles. The van der Waals surface area contributed by atoms with Crippen LogP contribution in [0.25, 0.3) is 0 Å². The van der Waals surface area contributed by atoms with E-state index in [4.69, 9.17) is 64.8 Å². The first kappa shape index (κ1) is 29.1. The third-order valence-corrected chi connectivity index (χ3v) is 1.72. The molecule has 0 radical (unpaired) electrons. The topological polar surface area (TPSA) is 239 Å². The van der Waals surface area contributed by atoms with Gasteiger partial charge in [0.1, 0.15) is 11.5 Å². The molecule has 0 aliphatic rings. The minimum atomic E-state index is -1.83. The minimum Gasteiger partial charge on any atom is -0.457 e. The number of rotatable bonds is 2. The zero-order valence-electron chi connectivity index (χ0n) is 14.4. The third-order valence-electron chi connectivity index (χ3n) is 1.72. The maximum absolute atomic E-state index is 8.56. The number of hydrogen-bond acceptors (Lipinski definition) is 5. The van der Waals surface area contributed by atoms with Crippen LogP contribution in [0.1, 0.15) is 0 Å². The van der Waals surface area contributed by atoms with Gasteiger partial charge in [0.15, 0.2) is 0 Å². The Morgan fingerprint density at radius 2 is 0.621 bits per heavy atom. The van der Waals surface area contributed by atoms with Gasteiger partial charge in [-0.1, -0.05) is 36.4 Å². The van der Waals surface area contributed by atoms with Gasteiger partial charge in [0, 0.05) is 0 Å². The molecule has 0 aliphatic carbocycles. The number of para-hydroxylation sites is 2. The maximum atomic E-state index is 8.56. The van der Waals surface area contributed by atoms with Gasteiger partial charge in [0.25, 0.3) is 0 Å². The van der Waals surface area contributed by atoms with E-state index in [2.05, 4.69) is 0 Å². The second-order valence-corrected chi connectivity index (χ2v) is 3.86. The second kappa shape index (κ2) is 19.6. The van der Waals surface area contributed by atoms with E-state index >= 15 is 0 Å². The molecule has 0 aliphatic heterocycles. The van der Waals surface area contributed by atoms with Crippen molar-refractivity contribution in [2.24, 2.45) is 0 Å². The smallest absolute Gasteiger partial charge is 0.457 e. The van der Waals surface area contributed by atoms with Gasteiger partial charge in [0.05, 0.1) is 0 Å². The summed E-state index contributed by atoms with van der Waals surface area (Å²) >= 11 is 0. The predicted octanol–water partition coefficient (Wildman–Crippen LogP) is 4.37. The van der Waals surface area contributed by atoms with E-state index in [1.54, 1.807) is 0 Å². The molecule has 0 aromatic heterocycles. The highest BCUT2D eigenvalue weighted by Gasteiger charge is 1.92. The highest BCUT2D eigenvalue weighted by Crippen LogP contribution is 2.19. The lowest BCUT2D eigenvalue weighted by Gasteiger charge is -2.03. The molecule has 0 bridgehead atoms. The second-order valence-electron chi connectivity index (χ2n) is 3.86. The number of hydrogen-bond donors (Lipinski definition) is 8. The molecule has 0 atom stereocenters. The van der Waals surface area contributed by atoms with Crippen LogP contribution in [-0.4, -0.2) is 65.5 Å². The van der Waals surface area contributed by atoms with Gasteiger partial charge in [-0.25, -0.2) is 19.2 Å². The van der Waals surface area contributed by atoms with Gasteiger partial charge in [-0.2, -0.15) is 0 Å². The average Bonchev–Trinajstić information content (AvgIpc) is 2.54. The first-order valence-corrected chi connectivity index (χ1v) is 6.83. The van der Waals surface area contributed by atoms with Gasteiger partial charge in [0.2, 0.25) is 0 Å². The zero-order valence-corrected chi connectivity index (χ0v) is 14.4. The van der Waals surface area contributed by atoms with Crippen LogP contribution in [0.15, 0.2) is 60.7 Å². The summed E-state index contributed by atoms with van der Waals surface area (Å²) in [5.41, 5.74) is 0. The summed E-state index contributed by atoms with van der Waals surface area (Å²) in [6, 6.07) is 19.5. The third kappa shape index (κ3) is 45.2. The monoisotopic (exact) mass is 418 g/mol. The molecule has 13 nitrogen and oxygen atoms in total. The molecule has 2 aromatic rings. The van der Waals surface area contributed by atoms with Crippen molar-refractivity contribution in [1.29, 1.82) is 0 Å². The van der Waals surface area contributed by atoms with Crippen molar-refractivity contribution in [3.63, 3.8) is 0 Å². The highest BCUT2D eigenvalue weighted by molar-refractivity contribution is 5.54. The van der Waals surface area contributed by atoms with E-state index in [-0.39, 0.29) is 0 Å². The summed E-state index contributed by atoms with van der Waals surface area (Å²) in [4.78, 5) is 34.2. The first-order valence-electron chi connectivity index (χ1n) is 6.83. The summed E-state index contributed by atoms with van der Waals surface area (Å²) in [7, 11) is 0. The van der Waals surface area contributed by atoms with E-state index < -0.39 is 24.6 Å². The van der Waals surface area contributed by atoms with Crippen LogP contribution in [0, 0.1) is 0 Å². The molecular weight excluding hydrogens is 400 g/mol. The van der Waals surface area contributed by atoms with Gasteiger partial charge >= 0.3 is 24.6 Å². The Bertz CT molecular complexity index is 600. The van der Waals surface area contributed by atoms with E-state index in [0.29, 0.717) is 0 Å². The Morgan fingerprint density at radius 3 is 0.793 bits per heavy atom. The molecular formula is C16H18O13. The predicted molar refractivity (Wildman–Crippen MR) is 95.6 cm³/mol. The van der Waals surface area contributed by atoms with Crippen LogP contribution >= 0.6 is 0 Å². The van der Waals surface area contributed by atoms with Crippen LogP contribution in [0.5, 0.6) is 11.5 Å². The van der Waals surface area contributed by atoms with E-state index in [9.17, 15) is 0 Å². The lowest BCUT2D eigenvalue weighted by molar-refractivity contribution is 0.135. The summed E-state index contributed by atoms with van der Waals surface area (Å²) < 4.78 is 5.58. The molecule has 0 saturated heterocycles. The Morgan fingerprint density at radius 1 is 0.448 bits per heavy atom. The number of ether oxygens (including phenoxy) is 1. The van der Waals surface area contributed by atoms with E-state index in [1.807, 2.05) is 60.7 Å². The van der Waals surface area contributed by atoms with Gasteiger partial charge in [-0.15, -0.1) is 0 Å². The summed E-state index contributed by atoms with van der Waals surface area (Å²) in [6.45, 7) is 0. The zero-order chi connectivity index (χ0) is 23.2. The number of carboxylic acid groups (broad SMARTS) is 8. The molecule has 0 saturated carbocycles. The molecule has 0 unspecified atom stereocenters. The van der Waals surface area contributed by atoms with Gasteiger partial charge in [-0.05, 0) is 24.3 Å². The Hall–Kier alpha value is -4.68. The van der Waals surface area contributed by atoms with Crippen molar-refractivity contribution in [2.75, 3.05) is 0 Å². The fourth-order valence-electron chi connectivity index (χ4n) is 1.11. The number of carbonyl (C=O) groups is 4. The quantitative estimate of drug-likeness (QED) is 0.338. The van der Waals surface area contributed by atoms with Crippen LogP contribution in [0.3, 0.4) is 0 Å². The van der Waals surface area contributed by atoms with E-state index in [0.717, 1.165) is 11.5 Å².